The maximum absolute atomic E-state index is 14.2. The van der Waals surface area contributed by atoms with Crippen LogP contribution in [0.25, 0.3) is 0 Å². The van der Waals surface area contributed by atoms with Crippen molar-refractivity contribution < 1.29 is 13.5 Å². The molecule has 0 aliphatic carbocycles. The first-order valence-corrected chi connectivity index (χ1v) is 11.6. The number of alkyl halides is 1. The molecule has 0 radical (unpaired) electrons. The highest BCUT2D eigenvalue weighted by Crippen LogP contribution is 2.33. The lowest BCUT2D eigenvalue weighted by molar-refractivity contribution is 0.122. The quantitative estimate of drug-likeness (QED) is 0.155. The van der Waals surface area contributed by atoms with Crippen molar-refractivity contribution in [3.63, 3.8) is 0 Å². The van der Waals surface area contributed by atoms with Gasteiger partial charge in [0.15, 0.2) is 11.6 Å². The van der Waals surface area contributed by atoms with E-state index in [1.165, 1.54) is 6.92 Å². The maximum atomic E-state index is 14.2. The number of halogens is 2. The standard InChI is InChI=1S/C24H30F2N7OP/c1-4-18(29-19-7-5-6-17(14-19)24(3,26)35)9-8-16(2)21(27)31-32-23-28-15-20(25)22(30-23)33-10-12-34-13-11-33/h4-9,14-15,29H,2,10-13,35H2,1,3H3,(H2,27,31)(H,28,30,32)/b9-8-,18-4+. The molecule has 35 heavy (non-hydrogen) atoms. The number of benzene rings is 1. The van der Waals surface area contributed by atoms with Crippen molar-refractivity contribution >= 4 is 32.5 Å². The van der Waals surface area contributed by atoms with Crippen LogP contribution in [-0.4, -0.2) is 42.1 Å². The Morgan fingerprint density at radius 3 is 2.77 bits per heavy atom. The predicted octanol–water partition coefficient (Wildman–Crippen LogP) is 4.28. The van der Waals surface area contributed by atoms with Crippen molar-refractivity contribution in [3.8, 4) is 0 Å². The zero-order chi connectivity index (χ0) is 25.4. The Bertz CT molecular complexity index is 1140. The number of nitrogens with zero attached hydrogens (tertiary/aromatic N) is 4. The number of anilines is 3. The molecular weight excluding hydrogens is 471 g/mol. The van der Waals surface area contributed by atoms with Crippen LogP contribution in [0.1, 0.15) is 19.4 Å². The Hall–Kier alpha value is -3.36. The average Bonchev–Trinajstić information content (AvgIpc) is 2.85. The van der Waals surface area contributed by atoms with E-state index in [9.17, 15) is 8.78 Å². The highest BCUT2D eigenvalue weighted by atomic mass is 31.0. The summed E-state index contributed by atoms with van der Waals surface area (Å²) in [4.78, 5) is 9.90. The summed E-state index contributed by atoms with van der Waals surface area (Å²) in [6.45, 7) is 9.35. The minimum Gasteiger partial charge on any atom is -0.382 e. The Morgan fingerprint density at radius 1 is 1.34 bits per heavy atom. The molecule has 2 unspecified atom stereocenters. The summed E-state index contributed by atoms with van der Waals surface area (Å²) in [5.74, 6) is -0.124. The average molecular weight is 502 g/mol. The molecule has 3 rings (SSSR count). The van der Waals surface area contributed by atoms with Crippen LogP contribution in [0.5, 0.6) is 0 Å². The molecule has 0 saturated carbocycles. The molecule has 8 nitrogen and oxygen atoms in total. The second-order valence-electron chi connectivity index (χ2n) is 7.96. The van der Waals surface area contributed by atoms with Gasteiger partial charge >= 0.3 is 0 Å². The van der Waals surface area contributed by atoms with Crippen LogP contribution in [0.4, 0.5) is 26.2 Å². The lowest BCUT2D eigenvalue weighted by Crippen LogP contribution is -2.37. The first kappa shape index (κ1) is 26.2. The Balaban J connectivity index is 1.63. The van der Waals surface area contributed by atoms with E-state index in [4.69, 9.17) is 10.5 Å². The summed E-state index contributed by atoms with van der Waals surface area (Å²) in [7, 11) is 2.19. The molecule has 0 amide bonds. The summed E-state index contributed by atoms with van der Waals surface area (Å²) < 4.78 is 33.7. The third-order valence-corrected chi connectivity index (χ3v) is 5.47. The molecule has 1 aliphatic rings. The number of morpholine rings is 1. The van der Waals surface area contributed by atoms with Crippen LogP contribution in [0.15, 0.2) is 71.6 Å². The van der Waals surface area contributed by atoms with Crippen molar-refractivity contribution in [2.24, 2.45) is 10.8 Å². The number of allylic oxidation sites excluding steroid dienone is 2. The largest absolute Gasteiger partial charge is 0.382 e. The second-order valence-corrected chi connectivity index (χ2v) is 9.04. The number of hydrogen-bond acceptors (Lipinski definition) is 7. The number of nitrogens with one attached hydrogen (secondary N) is 2. The Labute approximate surface area is 206 Å². The fourth-order valence-electron chi connectivity index (χ4n) is 3.14. The van der Waals surface area contributed by atoms with Crippen molar-refractivity contribution in [1.29, 1.82) is 0 Å². The zero-order valence-electron chi connectivity index (χ0n) is 19.8. The smallest absolute Gasteiger partial charge is 0.245 e. The lowest BCUT2D eigenvalue weighted by Gasteiger charge is -2.27. The van der Waals surface area contributed by atoms with Crippen molar-refractivity contribution in [2.75, 3.05) is 41.9 Å². The molecule has 1 aromatic carbocycles. The Morgan fingerprint density at radius 2 is 2.09 bits per heavy atom. The van der Waals surface area contributed by atoms with Crippen LogP contribution >= 0.6 is 9.24 Å². The number of hydrazone groups is 1. The fourth-order valence-corrected chi connectivity index (χ4v) is 3.32. The number of amidine groups is 1. The van der Waals surface area contributed by atoms with E-state index >= 15 is 0 Å². The maximum Gasteiger partial charge on any atom is 0.245 e. The minimum atomic E-state index is -1.52. The molecule has 1 saturated heterocycles. The molecule has 1 fully saturated rings. The van der Waals surface area contributed by atoms with Crippen LogP contribution < -0.4 is 21.4 Å². The molecule has 4 N–H and O–H groups in total. The number of rotatable bonds is 9. The molecule has 2 aromatic rings. The van der Waals surface area contributed by atoms with Crippen LogP contribution in [0, 0.1) is 5.82 Å². The number of aromatic nitrogens is 2. The normalized spacial score (nSPS) is 16.8. The second kappa shape index (κ2) is 11.9. The van der Waals surface area contributed by atoms with E-state index in [0.717, 1.165) is 17.6 Å². The molecule has 11 heteroatoms. The first-order valence-electron chi connectivity index (χ1n) is 11.0. The predicted molar refractivity (Wildman–Crippen MR) is 141 cm³/mol. The van der Waals surface area contributed by atoms with E-state index in [1.807, 2.05) is 19.1 Å². The van der Waals surface area contributed by atoms with Crippen molar-refractivity contribution in [3.05, 3.63) is 77.9 Å². The fraction of sp³-hybridized carbons (Fsp3) is 0.292. The molecule has 2 heterocycles. The summed E-state index contributed by atoms with van der Waals surface area (Å²) in [5, 5.41) is 5.76. The van der Waals surface area contributed by atoms with Gasteiger partial charge in [0.1, 0.15) is 11.2 Å². The minimum absolute atomic E-state index is 0.107. The van der Waals surface area contributed by atoms with Gasteiger partial charge in [0, 0.05) is 30.0 Å². The van der Waals surface area contributed by atoms with Gasteiger partial charge in [-0.3, -0.25) is 0 Å². The topological polar surface area (TPSA) is 101 Å². The molecule has 2 atom stereocenters. The van der Waals surface area contributed by atoms with Gasteiger partial charge in [-0.05, 0) is 43.7 Å². The van der Waals surface area contributed by atoms with Gasteiger partial charge in [-0.1, -0.05) is 34.0 Å². The van der Waals surface area contributed by atoms with Crippen molar-refractivity contribution in [1.82, 2.24) is 9.97 Å². The third-order valence-electron chi connectivity index (χ3n) is 5.13. The van der Waals surface area contributed by atoms with Gasteiger partial charge in [0.05, 0.1) is 19.4 Å². The highest BCUT2D eigenvalue weighted by molar-refractivity contribution is 7.18. The monoisotopic (exact) mass is 501 g/mol. The van der Waals surface area contributed by atoms with E-state index in [-0.39, 0.29) is 17.6 Å². The molecule has 1 aromatic heterocycles. The molecule has 1 aliphatic heterocycles. The van der Waals surface area contributed by atoms with Crippen molar-refractivity contribution in [2.45, 2.75) is 19.3 Å². The van der Waals surface area contributed by atoms with Crippen LogP contribution in [0.2, 0.25) is 0 Å². The first-order chi connectivity index (χ1) is 16.7. The SMILES string of the molecule is C=C(/C=C\C(=C/C)Nc1cccc(C(C)(F)P)c1)/C(N)=N/Nc1ncc(F)c(N2CCOCC2)n1. The van der Waals surface area contributed by atoms with Gasteiger partial charge in [-0.15, -0.1) is 0 Å². The molecular formula is C24H30F2N7OP. The summed E-state index contributed by atoms with van der Waals surface area (Å²) in [6.07, 6.45) is 6.41. The number of nitrogens with two attached hydrogens (primary N) is 1. The summed E-state index contributed by atoms with van der Waals surface area (Å²) in [6, 6.07) is 7.10. The summed E-state index contributed by atoms with van der Waals surface area (Å²) in [5.41, 5.74) is 11.1. The van der Waals surface area contributed by atoms with Gasteiger partial charge in [0.2, 0.25) is 5.95 Å². The van der Waals surface area contributed by atoms with Gasteiger partial charge < -0.3 is 20.7 Å². The summed E-state index contributed by atoms with van der Waals surface area (Å²) >= 11 is 0. The Kier molecular flexibility index (Phi) is 8.89. The van der Waals surface area contributed by atoms with Gasteiger partial charge in [0.25, 0.3) is 0 Å². The number of ether oxygens (including phenoxy) is 1. The van der Waals surface area contributed by atoms with E-state index in [1.54, 1.807) is 35.3 Å². The van der Waals surface area contributed by atoms with Crippen LogP contribution in [-0.2, 0) is 10.1 Å². The lowest BCUT2D eigenvalue weighted by atomic mass is 10.1. The molecule has 0 spiro atoms. The van der Waals surface area contributed by atoms with Gasteiger partial charge in [-0.2, -0.15) is 10.1 Å². The van der Waals surface area contributed by atoms with E-state index < -0.39 is 11.2 Å². The van der Waals surface area contributed by atoms with E-state index in [2.05, 4.69) is 41.6 Å². The van der Waals surface area contributed by atoms with Gasteiger partial charge in [-0.25, -0.2) is 19.2 Å². The molecule has 0 bridgehead atoms. The molecule has 186 valence electrons. The zero-order valence-corrected chi connectivity index (χ0v) is 20.9. The number of hydrogen-bond donors (Lipinski definition) is 3. The highest BCUT2D eigenvalue weighted by Gasteiger charge is 2.19. The van der Waals surface area contributed by atoms with Crippen LogP contribution in [0.3, 0.4) is 0 Å². The van der Waals surface area contributed by atoms with E-state index in [0.29, 0.717) is 37.4 Å². The third kappa shape index (κ3) is 7.56.